The van der Waals surface area contributed by atoms with Gasteiger partial charge in [-0.25, -0.2) is 0 Å². The first-order valence-corrected chi connectivity index (χ1v) is 7.82. The average Bonchev–Trinajstić information content (AvgIpc) is 3.19. The van der Waals surface area contributed by atoms with E-state index in [-0.39, 0.29) is 11.8 Å². The third-order valence-corrected chi connectivity index (χ3v) is 4.03. The maximum atomic E-state index is 12.2. The van der Waals surface area contributed by atoms with E-state index >= 15 is 0 Å². The molecule has 0 atom stereocenters. The van der Waals surface area contributed by atoms with E-state index in [1.165, 1.54) is 0 Å². The Kier molecular flexibility index (Phi) is 4.41. The number of fused-ring (bicyclic) bond motifs is 1. The summed E-state index contributed by atoms with van der Waals surface area (Å²) < 4.78 is 1.85. The van der Waals surface area contributed by atoms with Crippen LogP contribution in [0.25, 0.3) is 0 Å². The summed E-state index contributed by atoms with van der Waals surface area (Å²) in [5.41, 5.74) is 2.63. The van der Waals surface area contributed by atoms with Gasteiger partial charge in [0.15, 0.2) is 0 Å². The molecule has 0 fully saturated rings. The van der Waals surface area contributed by atoms with E-state index in [1.807, 2.05) is 29.1 Å². The number of amides is 2. The summed E-state index contributed by atoms with van der Waals surface area (Å²) in [6.45, 7) is 3.65. The SMILES string of the molecule is CC(=O)N1CCc2cc(C(=O)NCCCn3cccn3)ccc21. The smallest absolute Gasteiger partial charge is 0.251 e. The van der Waals surface area contributed by atoms with E-state index in [9.17, 15) is 9.59 Å². The zero-order valence-corrected chi connectivity index (χ0v) is 13.2. The number of rotatable bonds is 5. The summed E-state index contributed by atoms with van der Waals surface area (Å²) in [6.07, 6.45) is 5.28. The predicted octanol–water partition coefficient (Wildman–Crippen LogP) is 1.61. The average molecular weight is 312 g/mol. The molecule has 0 aliphatic carbocycles. The van der Waals surface area contributed by atoms with Crippen LogP contribution < -0.4 is 10.2 Å². The Bertz CT molecular complexity index is 709. The summed E-state index contributed by atoms with van der Waals surface area (Å²) in [5.74, 6) is -0.0332. The van der Waals surface area contributed by atoms with Crippen molar-refractivity contribution in [2.45, 2.75) is 26.3 Å². The van der Waals surface area contributed by atoms with Crippen LogP contribution in [0, 0.1) is 0 Å². The van der Waals surface area contributed by atoms with Gasteiger partial charge in [-0.1, -0.05) is 0 Å². The Labute approximate surface area is 135 Å². The van der Waals surface area contributed by atoms with E-state index in [0.29, 0.717) is 18.7 Å². The fraction of sp³-hybridized carbons (Fsp3) is 0.353. The number of nitrogens with one attached hydrogen (secondary N) is 1. The van der Waals surface area contributed by atoms with Gasteiger partial charge in [-0.05, 0) is 42.7 Å². The predicted molar refractivity (Wildman–Crippen MR) is 87.4 cm³/mol. The summed E-state index contributed by atoms with van der Waals surface area (Å²) in [7, 11) is 0. The van der Waals surface area contributed by atoms with Crippen molar-refractivity contribution < 1.29 is 9.59 Å². The second kappa shape index (κ2) is 6.64. The zero-order chi connectivity index (χ0) is 16.2. The number of hydrogen-bond acceptors (Lipinski definition) is 3. The minimum Gasteiger partial charge on any atom is -0.352 e. The van der Waals surface area contributed by atoms with Crippen molar-refractivity contribution in [3.8, 4) is 0 Å². The summed E-state index contributed by atoms with van der Waals surface area (Å²) >= 11 is 0. The maximum Gasteiger partial charge on any atom is 0.251 e. The number of hydrogen-bond donors (Lipinski definition) is 1. The van der Waals surface area contributed by atoms with Gasteiger partial charge in [-0.3, -0.25) is 14.3 Å². The van der Waals surface area contributed by atoms with Crippen molar-refractivity contribution in [3.05, 3.63) is 47.8 Å². The van der Waals surface area contributed by atoms with Gasteiger partial charge in [0.05, 0.1) is 0 Å². The quantitative estimate of drug-likeness (QED) is 0.853. The highest BCUT2D eigenvalue weighted by Gasteiger charge is 2.22. The van der Waals surface area contributed by atoms with Crippen LogP contribution in [0.2, 0.25) is 0 Å². The largest absolute Gasteiger partial charge is 0.352 e. The van der Waals surface area contributed by atoms with Crippen molar-refractivity contribution >= 4 is 17.5 Å². The van der Waals surface area contributed by atoms with Crippen LogP contribution >= 0.6 is 0 Å². The number of carbonyl (C=O) groups is 2. The molecule has 1 aromatic carbocycles. The molecule has 6 heteroatoms. The number of aromatic nitrogens is 2. The van der Waals surface area contributed by atoms with E-state index in [4.69, 9.17) is 0 Å². The molecule has 0 bridgehead atoms. The first kappa shape index (κ1) is 15.3. The third kappa shape index (κ3) is 3.41. The van der Waals surface area contributed by atoms with Crippen LogP contribution in [0.1, 0.15) is 29.3 Å². The van der Waals surface area contributed by atoms with Crippen LogP contribution in [-0.4, -0.2) is 34.7 Å². The Morgan fingerprint density at radius 1 is 1.35 bits per heavy atom. The van der Waals surface area contributed by atoms with Crippen LogP contribution in [0.4, 0.5) is 5.69 Å². The van der Waals surface area contributed by atoms with Crippen LogP contribution in [0.5, 0.6) is 0 Å². The third-order valence-electron chi connectivity index (χ3n) is 4.03. The van der Waals surface area contributed by atoms with Gasteiger partial charge >= 0.3 is 0 Å². The van der Waals surface area contributed by atoms with Gasteiger partial charge in [0.1, 0.15) is 0 Å². The molecule has 6 nitrogen and oxygen atoms in total. The summed E-state index contributed by atoms with van der Waals surface area (Å²) in [5, 5.41) is 7.05. The van der Waals surface area contributed by atoms with E-state index in [0.717, 1.165) is 30.6 Å². The van der Waals surface area contributed by atoms with Gasteiger partial charge in [0.2, 0.25) is 5.91 Å². The standard InChI is InChI=1S/C17H20N4O2/c1-13(22)21-11-6-14-12-15(4-5-16(14)21)17(23)18-7-2-9-20-10-3-8-19-20/h3-5,8,10,12H,2,6-7,9,11H2,1H3,(H,18,23). The number of nitrogens with zero attached hydrogens (tertiary/aromatic N) is 3. The Hall–Kier alpha value is -2.63. The minimum atomic E-state index is -0.0745. The maximum absolute atomic E-state index is 12.2. The highest BCUT2D eigenvalue weighted by atomic mass is 16.2. The van der Waals surface area contributed by atoms with Gasteiger partial charge in [0.25, 0.3) is 5.91 Å². The summed E-state index contributed by atoms with van der Waals surface area (Å²) in [6, 6.07) is 7.42. The molecule has 2 heterocycles. The number of anilines is 1. The zero-order valence-electron chi connectivity index (χ0n) is 13.2. The Morgan fingerprint density at radius 3 is 2.96 bits per heavy atom. The second-order valence-corrected chi connectivity index (χ2v) is 5.64. The molecule has 2 amide bonds. The molecule has 23 heavy (non-hydrogen) atoms. The number of carbonyl (C=O) groups excluding carboxylic acids is 2. The number of benzene rings is 1. The fourth-order valence-electron chi connectivity index (χ4n) is 2.85. The molecule has 0 unspecified atom stereocenters. The molecule has 1 aliphatic rings. The van der Waals surface area contributed by atoms with Crippen molar-refractivity contribution in [2.24, 2.45) is 0 Å². The van der Waals surface area contributed by atoms with Gasteiger partial charge in [-0.2, -0.15) is 5.10 Å². The molecule has 2 aromatic rings. The molecular weight excluding hydrogens is 292 g/mol. The van der Waals surface area contributed by atoms with Crippen LogP contribution in [0.15, 0.2) is 36.7 Å². The highest BCUT2D eigenvalue weighted by molar-refractivity contribution is 5.97. The van der Waals surface area contributed by atoms with Gasteiger partial charge < -0.3 is 10.2 Å². The Morgan fingerprint density at radius 2 is 2.22 bits per heavy atom. The molecule has 1 N–H and O–H groups in total. The van der Waals surface area contributed by atoms with Crippen molar-refractivity contribution in [1.29, 1.82) is 0 Å². The van der Waals surface area contributed by atoms with E-state index < -0.39 is 0 Å². The minimum absolute atomic E-state index is 0.0413. The highest BCUT2D eigenvalue weighted by Crippen LogP contribution is 2.28. The topological polar surface area (TPSA) is 67.2 Å². The number of aryl methyl sites for hydroxylation is 1. The molecule has 1 aliphatic heterocycles. The molecule has 1 aromatic heterocycles. The van der Waals surface area contributed by atoms with E-state index in [2.05, 4.69) is 10.4 Å². The monoisotopic (exact) mass is 312 g/mol. The van der Waals surface area contributed by atoms with Crippen molar-refractivity contribution in [2.75, 3.05) is 18.0 Å². The molecular formula is C17H20N4O2. The van der Waals surface area contributed by atoms with Gasteiger partial charge in [-0.15, -0.1) is 0 Å². The normalized spacial score (nSPS) is 13.0. The van der Waals surface area contributed by atoms with Crippen LogP contribution in [-0.2, 0) is 17.8 Å². The lowest BCUT2D eigenvalue weighted by Gasteiger charge is -2.14. The molecule has 0 radical (unpaired) electrons. The van der Waals surface area contributed by atoms with E-state index in [1.54, 1.807) is 24.1 Å². The van der Waals surface area contributed by atoms with Crippen LogP contribution in [0.3, 0.4) is 0 Å². The first-order valence-electron chi connectivity index (χ1n) is 7.82. The first-order chi connectivity index (χ1) is 11.1. The molecule has 0 saturated carbocycles. The molecule has 120 valence electrons. The van der Waals surface area contributed by atoms with Crippen molar-refractivity contribution in [1.82, 2.24) is 15.1 Å². The lowest BCUT2D eigenvalue weighted by molar-refractivity contribution is -0.116. The lowest BCUT2D eigenvalue weighted by Crippen LogP contribution is -2.26. The summed E-state index contributed by atoms with van der Waals surface area (Å²) in [4.78, 5) is 25.5. The molecule has 0 spiro atoms. The molecule has 3 rings (SSSR count). The van der Waals surface area contributed by atoms with Crippen molar-refractivity contribution in [3.63, 3.8) is 0 Å². The Balaban J connectivity index is 1.55. The fourth-order valence-corrected chi connectivity index (χ4v) is 2.85. The second-order valence-electron chi connectivity index (χ2n) is 5.64. The molecule has 0 saturated heterocycles. The lowest BCUT2D eigenvalue weighted by atomic mass is 10.1. The van der Waals surface area contributed by atoms with Gasteiger partial charge in [0, 0.05) is 50.2 Å².